The van der Waals surface area contributed by atoms with Crippen molar-refractivity contribution in [1.82, 2.24) is 4.90 Å². The Morgan fingerprint density at radius 3 is 2.58 bits per heavy atom. The first kappa shape index (κ1) is 26.2. The Morgan fingerprint density at radius 1 is 1.22 bits per heavy atom. The summed E-state index contributed by atoms with van der Waals surface area (Å²) >= 11 is 1.25. The Kier molecular flexibility index (Phi) is 7.76. The van der Waals surface area contributed by atoms with Gasteiger partial charge in [0, 0.05) is 30.4 Å². The third-order valence-electron chi connectivity index (χ3n) is 6.81. The van der Waals surface area contributed by atoms with Gasteiger partial charge >= 0.3 is 0 Å². The van der Waals surface area contributed by atoms with E-state index in [1.807, 2.05) is 30.3 Å². The van der Waals surface area contributed by atoms with Crippen molar-refractivity contribution in [3.63, 3.8) is 0 Å². The number of amidine groups is 1. The van der Waals surface area contributed by atoms with Gasteiger partial charge in [-0.05, 0) is 92.9 Å². The second kappa shape index (κ2) is 10.6. The molecule has 2 aliphatic heterocycles. The maximum absolute atomic E-state index is 15.4. The highest BCUT2D eigenvalue weighted by Crippen LogP contribution is 2.45. The Morgan fingerprint density at radius 2 is 1.94 bits per heavy atom. The quantitative estimate of drug-likeness (QED) is 0.415. The summed E-state index contributed by atoms with van der Waals surface area (Å²) in [5.74, 6) is 0.480. The lowest BCUT2D eigenvalue weighted by Gasteiger charge is -2.47. The van der Waals surface area contributed by atoms with Crippen LogP contribution in [-0.4, -0.2) is 55.4 Å². The highest BCUT2D eigenvalue weighted by molar-refractivity contribution is 8.18. The van der Waals surface area contributed by atoms with E-state index in [0.29, 0.717) is 34.5 Å². The van der Waals surface area contributed by atoms with E-state index in [9.17, 15) is 4.79 Å². The van der Waals surface area contributed by atoms with Crippen molar-refractivity contribution in [2.45, 2.75) is 45.6 Å². The van der Waals surface area contributed by atoms with E-state index in [4.69, 9.17) is 9.47 Å². The molecule has 0 saturated carbocycles. The molecule has 2 aliphatic rings. The molecule has 0 aromatic heterocycles. The number of fused-ring (bicyclic) bond motifs is 1. The van der Waals surface area contributed by atoms with Gasteiger partial charge in [0.25, 0.3) is 5.91 Å². The fourth-order valence-electron chi connectivity index (χ4n) is 5.11. The van der Waals surface area contributed by atoms with Crippen LogP contribution in [0.5, 0.6) is 5.75 Å². The van der Waals surface area contributed by atoms with Crippen molar-refractivity contribution in [2.75, 3.05) is 38.8 Å². The maximum atomic E-state index is 15.4. The van der Waals surface area contributed by atoms with E-state index in [-0.39, 0.29) is 23.2 Å². The molecule has 6 nitrogen and oxygen atoms in total. The van der Waals surface area contributed by atoms with Crippen LogP contribution < -0.4 is 9.64 Å². The normalized spacial score (nSPS) is 21.4. The van der Waals surface area contributed by atoms with Crippen LogP contribution in [0.4, 0.5) is 15.8 Å². The number of hydrogen-bond acceptors (Lipinski definition) is 6. The fraction of sp³-hybridized carbons (Fsp3) is 0.429. The molecule has 1 atom stereocenters. The number of benzene rings is 2. The molecule has 2 heterocycles. The first-order chi connectivity index (χ1) is 17.2. The van der Waals surface area contributed by atoms with E-state index < -0.39 is 0 Å². The van der Waals surface area contributed by atoms with Gasteiger partial charge in [-0.3, -0.25) is 9.69 Å². The number of carbonyl (C=O) groups is 1. The van der Waals surface area contributed by atoms with E-state index >= 15 is 4.39 Å². The van der Waals surface area contributed by atoms with Crippen molar-refractivity contribution in [3.05, 3.63) is 58.2 Å². The smallest absolute Gasteiger partial charge is 0.266 e. The van der Waals surface area contributed by atoms with Crippen LogP contribution in [0.25, 0.3) is 6.08 Å². The molecule has 8 heteroatoms. The van der Waals surface area contributed by atoms with E-state index in [0.717, 1.165) is 30.0 Å². The first-order valence-electron chi connectivity index (χ1n) is 12.2. The van der Waals surface area contributed by atoms with Crippen molar-refractivity contribution in [3.8, 4) is 5.75 Å². The van der Waals surface area contributed by atoms with Crippen LogP contribution in [0.1, 0.15) is 51.2 Å². The number of halogens is 1. The van der Waals surface area contributed by atoms with E-state index in [2.05, 4.69) is 37.6 Å². The van der Waals surface area contributed by atoms with Gasteiger partial charge in [0.05, 0.1) is 30.9 Å². The Bertz CT molecular complexity index is 1190. The zero-order chi connectivity index (χ0) is 26.0. The number of thioether (sulfide) groups is 1. The topological polar surface area (TPSA) is 54.4 Å². The number of nitrogens with zero attached hydrogens (tertiary/aromatic N) is 3. The van der Waals surface area contributed by atoms with Gasteiger partial charge in [0.2, 0.25) is 0 Å². The summed E-state index contributed by atoms with van der Waals surface area (Å²) in [6.07, 6.45) is 2.63. The summed E-state index contributed by atoms with van der Waals surface area (Å²) < 4.78 is 25.8. The van der Waals surface area contributed by atoms with Gasteiger partial charge in [-0.25, -0.2) is 9.38 Å². The van der Waals surface area contributed by atoms with Crippen LogP contribution >= 0.6 is 11.8 Å². The Hall–Kier alpha value is -2.84. The molecule has 2 aromatic rings. The highest BCUT2D eigenvalue weighted by atomic mass is 32.2. The zero-order valence-corrected chi connectivity index (χ0v) is 22.6. The highest BCUT2D eigenvalue weighted by Gasteiger charge is 2.37. The molecule has 2 aromatic carbocycles. The molecule has 36 heavy (non-hydrogen) atoms. The molecule has 0 spiro atoms. The number of methoxy groups -OCH3 is 2. The molecule has 0 N–H and O–H groups in total. The standard InChI is InChI=1S/C28H34FN3O3S/c1-7-32-24-16-23(29)19(14-22(24)18(2)17-28(32,3)4)15-25-26(33)31(12-13-34-5)27(36-25)30-20-8-10-21(35-6)11-9-20/h8-11,14-16,18H,7,12-13,17H2,1-6H3/b25-15+,30-27?. The lowest BCUT2D eigenvalue weighted by atomic mass is 9.79. The molecule has 0 aliphatic carbocycles. The molecule has 0 bridgehead atoms. The monoisotopic (exact) mass is 511 g/mol. The van der Waals surface area contributed by atoms with E-state index in [1.165, 1.54) is 11.8 Å². The Balaban J connectivity index is 1.70. The van der Waals surface area contributed by atoms with Gasteiger partial charge in [-0.2, -0.15) is 0 Å². The lowest BCUT2D eigenvalue weighted by molar-refractivity contribution is -0.122. The van der Waals surface area contributed by atoms with Crippen molar-refractivity contribution < 1.29 is 18.7 Å². The zero-order valence-electron chi connectivity index (χ0n) is 21.8. The first-order valence-corrected chi connectivity index (χ1v) is 13.0. The predicted octanol–water partition coefficient (Wildman–Crippen LogP) is 6.20. The molecule has 1 unspecified atom stereocenters. The maximum Gasteiger partial charge on any atom is 0.266 e. The average Bonchev–Trinajstić information content (AvgIpc) is 3.12. The van der Waals surface area contributed by atoms with Gasteiger partial charge in [0.15, 0.2) is 5.17 Å². The van der Waals surface area contributed by atoms with Gasteiger partial charge in [-0.15, -0.1) is 0 Å². The largest absolute Gasteiger partial charge is 0.497 e. The minimum Gasteiger partial charge on any atom is -0.497 e. The van der Waals surface area contributed by atoms with Crippen LogP contribution in [0.15, 0.2) is 46.3 Å². The number of aliphatic imine (C=N–C) groups is 1. The number of hydrogen-bond donors (Lipinski definition) is 0. The molecular weight excluding hydrogens is 477 g/mol. The SMILES string of the molecule is CCN1c2cc(F)c(/C=C3/SC(=Nc4ccc(OC)cc4)N(CCOC)C3=O)cc2C(C)CC1(C)C. The Labute approximate surface area is 217 Å². The number of anilines is 1. The third kappa shape index (κ3) is 5.15. The van der Waals surface area contributed by atoms with Crippen LogP contribution in [-0.2, 0) is 9.53 Å². The van der Waals surface area contributed by atoms with Crippen LogP contribution in [0.3, 0.4) is 0 Å². The summed E-state index contributed by atoms with van der Waals surface area (Å²) in [5, 5.41) is 0.541. The molecule has 4 rings (SSSR count). The fourth-order valence-corrected chi connectivity index (χ4v) is 6.13. The summed E-state index contributed by atoms with van der Waals surface area (Å²) in [6.45, 7) is 10.2. The molecule has 192 valence electrons. The summed E-state index contributed by atoms with van der Waals surface area (Å²) in [7, 11) is 3.20. The lowest BCUT2D eigenvalue weighted by Crippen LogP contribution is -2.48. The second-order valence-corrected chi connectivity index (χ2v) is 10.8. The van der Waals surface area contributed by atoms with Gasteiger partial charge in [-0.1, -0.05) is 6.92 Å². The van der Waals surface area contributed by atoms with Crippen LogP contribution in [0, 0.1) is 5.82 Å². The number of amides is 1. The number of ether oxygens (including phenoxy) is 2. The average molecular weight is 512 g/mol. The molecule has 1 fully saturated rings. The third-order valence-corrected chi connectivity index (χ3v) is 7.82. The molecular formula is C28H34FN3O3S. The number of rotatable bonds is 7. The van der Waals surface area contributed by atoms with E-state index in [1.54, 1.807) is 31.3 Å². The van der Waals surface area contributed by atoms with Crippen molar-refractivity contribution in [1.29, 1.82) is 0 Å². The van der Waals surface area contributed by atoms with Crippen LogP contribution in [0.2, 0.25) is 0 Å². The molecule has 1 amide bonds. The summed E-state index contributed by atoms with van der Waals surface area (Å²) in [4.78, 5) is 22.3. The minimum absolute atomic E-state index is 0.0421. The number of carbonyl (C=O) groups excluding carboxylic acids is 1. The van der Waals surface area contributed by atoms with Crippen molar-refractivity contribution in [2.24, 2.45) is 4.99 Å². The molecule has 1 saturated heterocycles. The van der Waals surface area contributed by atoms with Gasteiger partial charge < -0.3 is 14.4 Å². The van der Waals surface area contributed by atoms with Crippen molar-refractivity contribution >= 4 is 40.3 Å². The summed E-state index contributed by atoms with van der Waals surface area (Å²) in [6, 6.07) is 10.8. The van der Waals surface area contributed by atoms with Gasteiger partial charge in [0.1, 0.15) is 11.6 Å². The second-order valence-electron chi connectivity index (χ2n) is 9.75. The summed E-state index contributed by atoms with van der Waals surface area (Å²) in [5.41, 5.74) is 3.13. The predicted molar refractivity (Wildman–Crippen MR) is 146 cm³/mol. The molecule has 0 radical (unpaired) electrons. The minimum atomic E-state index is -0.331.